The summed E-state index contributed by atoms with van der Waals surface area (Å²) in [5, 5.41) is 5.90. The Hall–Kier alpha value is -3.55. The standard InChI is InChI=1S/C17H17N7O/c1-10-14(11(2)22-16(18)21-10)15(25)23-12-4-6-13(7-5-12)24-17-19-8-3-9-20-17/h3-9H,1-2H3,(H,23,25)(H2,18,21,22)(H,19,20,24). The minimum atomic E-state index is -0.276. The summed E-state index contributed by atoms with van der Waals surface area (Å²) in [6, 6.07) is 8.96. The molecule has 4 N–H and O–H groups in total. The molecule has 0 aliphatic rings. The highest BCUT2D eigenvalue weighted by atomic mass is 16.1. The smallest absolute Gasteiger partial charge is 0.259 e. The van der Waals surface area contributed by atoms with Crippen molar-refractivity contribution in [1.82, 2.24) is 19.9 Å². The molecule has 1 amide bonds. The van der Waals surface area contributed by atoms with Crippen LogP contribution in [-0.4, -0.2) is 25.8 Å². The van der Waals surface area contributed by atoms with Crippen LogP contribution in [0, 0.1) is 13.8 Å². The molecule has 0 fully saturated rings. The van der Waals surface area contributed by atoms with E-state index < -0.39 is 0 Å². The number of nitrogen functional groups attached to an aromatic ring is 1. The van der Waals surface area contributed by atoms with E-state index in [1.54, 1.807) is 44.4 Å². The van der Waals surface area contributed by atoms with Crippen molar-refractivity contribution in [3.8, 4) is 0 Å². The number of rotatable bonds is 4. The monoisotopic (exact) mass is 335 g/mol. The minimum absolute atomic E-state index is 0.158. The van der Waals surface area contributed by atoms with Gasteiger partial charge in [-0.3, -0.25) is 4.79 Å². The molecule has 0 radical (unpaired) electrons. The van der Waals surface area contributed by atoms with Crippen LogP contribution in [0.1, 0.15) is 21.7 Å². The Kier molecular flexibility index (Phi) is 4.51. The summed E-state index contributed by atoms with van der Waals surface area (Å²) in [6.07, 6.45) is 3.31. The number of aromatic nitrogens is 4. The average Bonchev–Trinajstić information content (AvgIpc) is 2.56. The first-order chi connectivity index (χ1) is 12.0. The SMILES string of the molecule is Cc1nc(N)nc(C)c1C(=O)Nc1ccc(Nc2ncccn2)cc1. The maximum atomic E-state index is 12.5. The van der Waals surface area contributed by atoms with Crippen molar-refractivity contribution in [2.24, 2.45) is 0 Å². The van der Waals surface area contributed by atoms with Gasteiger partial charge in [-0.2, -0.15) is 0 Å². The number of nitrogens with two attached hydrogens (primary N) is 1. The summed E-state index contributed by atoms with van der Waals surface area (Å²) < 4.78 is 0. The summed E-state index contributed by atoms with van der Waals surface area (Å²) in [4.78, 5) is 28.7. The van der Waals surface area contributed by atoms with E-state index in [4.69, 9.17) is 5.73 Å². The van der Waals surface area contributed by atoms with E-state index >= 15 is 0 Å². The zero-order valence-corrected chi connectivity index (χ0v) is 13.8. The van der Waals surface area contributed by atoms with Crippen LogP contribution >= 0.6 is 0 Å². The van der Waals surface area contributed by atoms with Crippen molar-refractivity contribution >= 4 is 29.2 Å². The summed E-state index contributed by atoms with van der Waals surface area (Å²) in [6.45, 7) is 3.46. The van der Waals surface area contributed by atoms with E-state index in [0.717, 1.165) is 5.69 Å². The number of carbonyl (C=O) groups excluding carboxylic acids is 1. The highest BCUT2D eigenvalue weighted by Gasteiger charge is 2.15. The molecule has 3 rings (SSSR count). The first-order valence-electron chi connectivity index (χ1n) is 7.59. The number of nitrogens with zero attached hydrogens (tertiary/aromatic N) is 4. The highest BCUT2D eigenvalue weighted by Crippen LogP contribution is 2.18. The molecule has 0 aliphatic carbocycles. The predicted molar refractivity (Wildman–Crippen MR) is 95.6 cm³/mol. The van der Waals surface area contributed by atoms with E-state index in [-0.39, 0.29) is 11.9 Å². The van der Waals surface area contributed by atoms with Gasteiger partial charge < -0.3 is 16.4 Å². The first-order valence-corrected chi connectivity index (χ1v) is 7.59. The van der Waals surface area contributed by atoms with Gasteiger partial charge in [0.25, 0.3) is 5.91 Å². The number of aryl methyl sites for hydroxylation is 2. The van der Waals surface area contributed by atoms with E-state index in [2.05, 4.69) is 30.6 Å². The van der Waals surface area contributed by atoms with E-state index in [0.29, 0.717) is 28.6 Å². The number of anilines is 4. The van der Waals surface area contributed by atoms with Crippen molar-refractivity contribution in [1.29, 1.82) is 0 Å². The third-order valence-electron chi connectivity index (χ3n) is 3.48. The zero-order chi connectivity index (χ0) is 17.8. The second kappa shape index (κ2) is 6.91. The molecule has 25 heavy (non-hydrogen) atoms. The lowest BCUT2D eigenvalue weighted by Gasteiger charge is -2.11. The van der Waals surface area contributed by atoms with Gasteiger partial charge in [-0.1, -0.05) is 0 Å². The molecule has 1 aromatic carbocycles. The molecule has 0 atom stereocenters. The van der Waals surface area contributed by atoms with E-state index in [9.17, 15) is 4.79 Å². The van der Waals surface area contributed by atoms with Gasteiger partial charge in [-0.25, -0.2) is 19.9 Å². The van der Waals surface area contributed by atoms with Crippen LogP contribution in [0.3, 0.4) is 0 Å². The van der Waals surface area contributed by atoms with Crippen LogP contribution in [-0.2, 0) is 0 Å². The number of hydrogen-bond donors (Lipinski definition) is 3. The highest BCUT2D eigenvalue weighted by molar-refractivity contribution is 6.05. The van der Waals surface area contributed by atoms with Gasteiger partial charge in [0, 0.05) is 23.8 Å². The second-order valence-corrected chi connectivity index (χ2v) is 5.36. The van der Waals surface area contributed by atoms with Crippen LogP contribution in [0.4, 0.5) is 23.3 Å². The largest absolute Gasteiger partial charge is 0.368 e. The fraction of sp³-hybridized carbons (Fsp3) is 0.118. The van der Waals surface area contributed by atoms with Crippen molar-refractivity contribution in [2.45, 2.75) is 13.8 Å². The molecular formula is C17H17N7O. The van der Waals surface area contributed by atoms with Crippen LogP contribution in [0.5, 0.6) is 0 Å². The molecule has 8 nitrogen and oxygen atoms in total. The predicted octanol–water partition coefficient (Wildman–Crippen LogP) is 2.46. The number of carbonyl (C=O) groups is 1. The van der Waals surface area contributed by atoms with Crippen molar-refractivity contribution in [2.75, 3.05) is 16.4 Å². The third kappa shape index (κ3) is 3.86. The summed E-state index contributed by atoms with van der Waals surface area (Å²) >= 11 is 0. The molecule has 0 saturated carbocycles. The molecule has 3 aromatic rings. The Balaban J connectivity index is 1.72. The summed E-state index contributed by atoms with van der Waals surface area (Å²) in [7, 11) is 0. The molecule has 0 spiro atoms. The van der Waals surface area contributed by atoms with E-state index in [1.807, 2.05) is 12.1 Å². The molecule has 0 saturated heterocycles. The molecule has 2 heterocycles. The first kappa shape index (κ1) is 16.3. The number of amides is 1. The lowest BCUT2D eigenvalue weighted by atomic mass is 10.1. The van der Waals surface area contributed by atoms with Crippen molar-refractivity contribution < 1.29 is 4.79 Å². The Morgan fingerprint density at radius 2 is 1.52 bits per heavy atom. The molecule has 126 valence electrons. The number of hydrogen-bond acceptors (Lipinski definition) is 7. The summed E-state index contributed by atoms with van der Waals surface area (Å²) in [5.74, 6) is 0.386. The van der Waals surface area contributed by atoms with Crippen LogP contribution in [0.15, 0.2) is 42.7 Å². The van der Waals surface area contributed by atoms with Crippen LogP contribution < -0.4 is 16.4 Å². The van der Waals surface area contributed by atoms with Gasteiger partial charge in [0.15, 0.2) is 0 Å². The average molecular weight is 335 g/mol. The number of benzene rings is 1. The topological polar surface area (TPSA) is 119 Å². The molecule has 8 heteroatoms. The van der Waals surface area contributed by atoms with Gasteiger partial charge >= 0.3 is 0 Å². The second-order valence-electron chi connectivity index (χ2n) is 5.36. The van der Waals surface area contributed by atoms with Gasteiger partial charge in [0.1, 0.15) is 0 Å². The Morgan fingerprint density at radius 3 is 2.12 bits per heavy atom. The molecule has 2 aromatic heterocycles. The lowest BCUT2D eigenvalue weighted by molar-refractivity contribution is 0.102. The molecular weight excluding hydrogens is 318 g/mol. The quantitative estimate of drug-likeness (QED) is 0.670. The van der Waals surface area contributed by atoms with Gasteiger partial charge in [-0.05, 0) is 44.2 Å². The molecule has 0 unspecified atom stereocenters. The van der Waals surface area contributed by atoms with Gasteiger partial charge in [0.05, 0.1) is 17.0 Å². The van der Waals surface area contributed by atoms with Crippen molar-refractivity contribution in [3.63, 3.8) is 0 Å². The maximum absolute atomic E-state index is 12.5. The van der Waals surface area contributed by atoms with Crippen LogP contribution in [0.2, 0.25) is 0 Å². The third-order valence-corrected chi connectivity index (χ3v) is 3.48. The van der Waals surface area contributed by atoms with Gasteiger partial charge in [0.2, 0.25) is 11.9 Å². The normalized spacial score (nSPS) is 10.3. The Morgan fingerprint density at radius 1 is 0.960 bits per heavy atom. The Bertz CT molecular complexity index is 872. The van der Waals surface area contributed by atoms with Gasteiger partial charge in [-0.15, -0.1) is 0 Å². The summed E-state index contributed by atoms with van der Waals surface area (Å²) in [5.41, 5.74) is 8.57. The van der Waals surface area contributed by atoms with E-state index in [1.165, 1.54) is 0 Å². The number of nitrogens with one attached hydrogen (secondary N) is 2. The lowest BCUT2D eigenvalue weighted by Crippen LogP contribution is -2.17. The zero-order valence-electron chi connectivity index (χ0n) is 13.8. The fourth-order valence-corrected chi connectivity index (χ4v) is 2.39. The van der Waals surface area contributed by atoms with Crippen LogP contribution in [0.25, 0.3) is 0 Å². The minimum Gasteiger partial charge on any atom is -0.368 e. The fourth-order valence-electron chi connectivity index (χ4n) is 2.39. The Labute approximate surface area is 144 Å². The van der Waals surface area contributed by atoms with Crippen molar-refractivity contribution in [3.05, 3.63) is 59.7 Å². The molecule has 0 aliphatic heterocycles. The molecule has 0 bridgehead atoms. The maximum Gasteiger partial charge on any atom is 0.259 e.